The summed E-state index contributed by atoms with van der Waals surface area (Å²) in [6.45, 7) is 6.74. The summed E-state index contributed by atoms with van der Waals surface area (Å²) >= 11 is 6.05. The van der Waals surface area contributed by atoms with E-state index in [0.717, 1.165) is 16.1 Å². The second-order valence-corrected chi connectivity index (χ2v) is 11.4. The second-order valence-electron chi connectivity index (χ2n) is 9.04. The molecule has 34 heavy (non-hydrogen) atoms. The number of hydrogen-bond acceptors (Lipinski definition) is 5. The van der Waals surface area contributed by atoms with Crippen molar-refractivity contribution in [1.29, 1.82) is 0 Å². The minimum atomic E-state index is -3.81. The number of benzene rings is 2. The number of halogens is 1. The molecule has 0 spiro atoms. The topological polar surface area (TPSA) is 96.0 Å². The number of hydrogen-bond donors (Lipinski definition) is 1. The number of nitrogens with zero attached hydrogens (tertiary/aromatic N) is 2. The van der Waals surface area contributed by atoms with E-state index in [9.17, 15) is 18.0 Å². The van der Waals surface area contributed by atoms with Gasteiger partial charge in [0, 0.05) is 17.1 Å². The van der Waals surface area contributed by atoms with E-state index in [1.807, 2.05) is 26.8 Å². The van der Waals surface area contributed by atoms with Gasteiger partial charge in [-0.1, -0.05) is 29.8 Å². The average molecular weight is 510 g/mol. The van der Waals surface area contributed by atoms with Gasteiger partial charge in [0.15, 0.2) is 0 Å². The number of anilines is 1. The van der Waals surface area contributed by atoms with Crippen LogP contribution in [0.5, 0.6) is 5.75 Å². The smallest absolute Gasteiger partial charge is 0.244 e. The Balaban J connectivity index is 2.42. The summed E-state index contributed by atoms with van der Waals surface area (Å²) in [5, 5.41) is 3.22. The summed E-state index contributed by atoms with van der Waals surface area (Å²) in [6, 6.07) is 12.5. The number of carbonyl (C=O) groups excluding carboxylic acids is 2. The summed E-state index contributed by atoms with van der Waals surface area (Å²) in [6.07, 6.45) is 1.02. The number of methoxy groups -OCH3 is 1. The molecule has 1 atom stereocenters. The first-order chi connectivity index (χ1) is 15.7. The van der Waals surface area contributed by atoms with E-state index in [4.69, 9.17) is 16.3 Å². The van der Waals surface area contributed by atoms with Crippen molar-refractivity contribution in [1.82, 2.24) is 10.2 Å². The lowest BCUT2D eigenvalue weighted by atomic mass is 10.1. The summed E-state index contributed by atoms with van der Waals surface area (Å²) in [5.74, 6) is -0.282. The summed E-state index contributed by atoms with van der Waals surface area (Å²) in [7, 11) is -2.28. The normalized spacial score (nSPS) is 12.6. The van der Waals surface area contributed by atoms with Crippen LogP contribution in [-0.4, -0.2) is 56.6 Å². The molecule has 0 aliphatic rings. The third kappa shape index (κ3) is 7.92. The highest BCUT2D eigenvalue weighted by Crippen LogP contribution is 2.23. The maximum Gasteiger partial charge on any atom is 0.244 e. The fraction of sp³-hybridized carbons (Fsp3) is 0.417. The van der Waals surface area contributed by atoms with E-state index in [1.54, 1.807) is 43.3 Å². The van der Waals surface area contributed by atoms with Gasteiger partial charge in [0.25, 0.3) is 0 Å². The van der Waals surface area contributed by atoms with Gasteiger partial charge in [-0.25, -0.2) is 8.42 Å². The first kappa shape index (κ1) is 27.5. The zero-order chi connectivity index (χ0) is 25.7. The molecule has 0 bridgehead atoms. The Morgan fingerprint density at radius 2 is 1.76 bits per heavy atom. The van der Waals surface area contributed by atoms with Crippen molar-refractivity contribution in [2.45, 2.75) is 45.8 Å². The lowest BCUT2D eigenvalue weighted by molar-refractivity contribution is -0.140. The van der Waals surface area contributed by atoms with Gasteiger partial charge in [0.05, 0.1) is 19.1 Å². The zero-order valence-electron chi connectivity index (χ0n) is 20.3. The summed E-state index contributed by atoms with van der Waals surface area (Å²) in [5.41, 5.74) is 0.489. The Kier molecular flexibility index (Phi) is 8.96. The largest absolute Gasteiger partial charge is 0.497 e. The molecular weight excluding hydrogens is 478 g/mol. The van der Waals surface area contributed by atoms with Crippen LogP contribution in [0.3, 0.4) is 0 Å². The molecule has 0 radical (unpaired) electrons. The van der Waals surface area contributed by atoms with Crippen LogP contribution in [0.4, 0.5) is 5.69 Å². The van der Waals surface area contributed by atoms with Crippen LogP contribution >= 0.6 is 11.6 Å². The van der Waals surface area contributed by atoms with Gasteiger partial charge in [0.2, 0.25) is 21.8 Å². The molecule has 186 valence electrons. The number of nitrogens with one attached hydrogen (secondary N) is 1. The Labute approximate surface area is 206 Å². The number of rotatable bonds is 9. The Bertz CT molecular complexity index is 1130. The number of ether oxygens (including phenoxy) is 1. The lowest BCUT2D eigenvalue weighted by Crippen LogP contribution is -2.54. The molecule has 0 heterocycles. The maximum absolute atomic E-state index is 13.5. The van der Waals surface area contributed by atoms with Crippen molar-refractivity contribution >= 4 is 39.1 Å². The molecule has 10 heteroatoms. The molecule has 0 saturated heterocycles. The highest BCUT2D eigenvalue weighted by Gasteiger charge is 2.31. The van der Waals surface area contributed by atoms with Gasteiger partial charge in [-0.05, 0) is 63.6 Å². The van der Waals surface area contributed by atoms with Crippen molar-refractivity contribution in [3.63, 3.8) is 0 Å². The molecular formula is C24H32ClN3O5S. The predicted octanol–water partition coefficient (Wildman–Crippen LogP) is 3.45. The zero-order valence-corrected chi connectivity index (χ0v) is 21.9. The number of amides is 2. The van der Waals surface area contributed by atoms with Gasteiger partial charge in [0.1, 0.15) is 18.3 Å². The van der Waals surface area contributed by atoms with Gasteiger partial charge in [-0.2, -0.15) is 0 Å². The van der Waals surface area contributed by atoms with Gasteiger partial charge in [-0.15, -0.1) is 0 Å². The molecule has 2 aromatic carbocycles. The van der Waals surface area contributed by atoms with E-state index >= 15 is 0 Å². The monoisotopic (exact) mass is 509 g/mol. The van der Waals surface area contributed by atoms with Crippen LogP contribution in [0, 0.1) is 0 Å². The van der Waals surface area contributed by atoms with Crippen LogP contribution in [0.15, 0.2) is 48.5 Å². The van der Waals surface area contributed by atoms with Crippen LogP contribution in [0.2, 0.25) is 5.02 Å². The van der Waals surface area contributed by atoms with E-state index in [2.05, 4.69) is 5.32 Å². The van der Waals surface area contributed by atoms with Crippen molar-refractivity contribution in [3.8, 4) is 5.75 Å². The fourth-order valence-corrected chi connectivity index (χ4v) is 4.30. The minimum absolute atomic E-state index is 0.0852. The Hall–Kier alpha value is -2.78. The molecule has 8 nitrogen and oxygen atoms in total. The number of sulfonamides is 1. The molecule has 2 amide bonds. The van der Waals surface area contributed by atoms with E-state index in [1.165, 1.54) is 18.1 Å². The average Bonchev–Trinajstić information content (AvgIpc) is 2.73. The first-order valence-corrected chi connectivity index (χ1v) is 12.9. The van der Waals surface area contributed by atoms with Crippen LogP contribution in [-0.2, 0) is 26.2 Å². The molecule has 2 aromatic rings. The molecule has 0 saturated carbocycles. The van der Waals surface area contributed by atoms with E-state index < -0.39 is 34.1 Å². The van der Waals surface area contributed by atoms with Gasteiger partial charge < -0.3 is 15.0 Å². The maximum atomic E-state index is 13.5. The molecule has 0 fully saturated rings. The van der Waals surface area contributed by atoms with Crippen molar-refractivity contribution in [2.24, 2.45) is 0 Å². The van der Waals surface area contributed by atoms with Crippen LogP contribution in [0.25, 0.3) is 0 Å². The molecule has 0 aromatic heterocycles. The van der Waals surface area contributed by atoms with E-state index in [0.29, 0.717) is 10.8 Å². The van der Waals surface area contributed by atoms with Gasteiger partial charge in [-0.3, -0.25) is 13.9 Å². The first-order valence-electron chi connectivity index (χ1n) is 10.7. The second kappa shape index (κ2) is 11.1. The third-order valence-electron chi connectivity index (χ3n) is 4.93. The molecule has 0 aliphatic carbocycles. The van der Waals surface area contributed by atoms with Crippen LogP contribution < -0.4 is 14.4 Å². The third-order valence-corrected chi connectivity index (χ3v) is 6.30. The molecule has 0 aliphatic heterocycles. The predicted molar refractivity (Wildman–Crippen MR) is 135 cm³/mol. The van der Waals surface area contributed by atoms with Crippen LogP contribution in [0.1, 0.15) is 33.3 Å². The van der Waals surface area contributed by atoms with Crippen molar-refractivity contribution in [3.05, 3.63) is 59.1 Å². The highest BCUT2D eigenvalue weighted by molar-refractivity contribution is 7.92. The fourth-order valence-electron chi connectivity index (χ4n) is 3.27. The highest BCUT2D eigenvalue weighted by atomic mass is 35.5. The Morgan fingerprint density at radius 3 is 2.32 bits per heavy atom. The van der Waals surface area contributed by atoms with E-state index in [-0.39, 0.29) is 18.1 Å². The van der Waals surface area contributed by atoms with Crippen molar-refractivity contribution < 1.29 is 22.7 Å². The molecule has 0 unspecified atom stereocenters. The molecule has 1 N–H and O–H groups in total. The summed E-state index contributed by atoms with van der Waals surface area (Å²) < 4.78 is 31.3. The standard InChI is InChI=1S/C24H32ClN3O5S/c1-17(23(30)26-24(2,3)4)27(15-18-9-7-12-21(13-18)33-5)22(29)16-28(34(6,31)32)20-11-8-10-19(25)14-20/h7-14,17H,15-16H2,1-6H3,(H,26,30)/t17-/m0/s1. The SMILES string of the molecule is COc1cccc(CN(C(=O)CN(c2cccc(Cl)c2)S(C)(=O)=O)[C@@H](C)C(=O)NC(C)(C)C)c1. The quantitative estimate of drug-likeness (QED) is 0.558. The minimum Gasteiger partial charge on any atom is -0.497 e. The van der Waals surface area contributed by atoms with Gasteiger partial charge >= 0.3 is 0 Å². The Morgan fingerprint density at radius 1 is 1.12 bits per heavy atom. The lowest BCUT2D eigenvalue weighted by Gasteiger charge is -2.33. The summed E-state index contributed by atoms with van der Waals surface area (Å²) in [4.78, 5) is 27.8. The number of carbonyl (C=O) groups is 2. The van der Waals surface area contributed by atoms with Crippen molar-refractivity contribution in [2.75, 3.05) is 24.2 Å². The molecule has 2 rings (SSSR count).